The zero-order valence-corrected chi connectivity index (χ0v) is 12.9. The summed E-state index contributed by atoms with van der Waals surface area (Å²) in [6.45, 7) is 3.90. The quantitative estimate of drug-likeness (QED) is 0.761. The highest BCUT2D eigenvalue weighted by atomic mass is 79.9. The molecule has 1 aliphatic rings. The highest BCUT2D eigenvalue weighted by molar-refractivity contribution is 9.10. The number of rotatable bonds is 3. The van der Waals surface area contributed by atoms with Gasteiger partial charge in [0.25, 0.3) is 0 Å². The molecule has 102 valence electrons. The molecule has 0 aliphatic carbocycles. The molecule has 1 fully saturated rings. The second kappa shape index (κ2) is 5.91. The number of carbonyl (C=O) groups is 1. The summed E-state index contributed by atoms with van der Waals surface area (Å²) >= 11 is 3.41. The first-order valence-corrected chi connectivity index (χ1v) is 7.40. The summed E-state index contributed by atoms with van der Waals surface area (Å²) in [6, 6.07) is 8.14. The van der Waals surface area contributed by atoms with Gasteiger partial charge in [-0.3, -0.25) is 4.79 Å². The third-order valence-corrected chi connectivity index (χ3v) is 4.03. The minimum absolute atomic E-state index is 0.0345. The predicted octanol–water partition coefficient (Wildman–Crippen LogP) is 4.58. The van der Waals surface area contributed by atoms with E-state index in [9.17, 15) is 4.79 Å². The van der Waals surface area contributed by atoms with Gasteiger partial charge in [-0.1, -0.05) is 40.2 Å². The minimum atomic E-state index is -0.314. The molecular formula is C16H19BrO2. The summed E-state index contributed by atoms with van der Waals surface area (Å²) in [5, 5.41) is 0. The van der Waals surface area contributed by atoms with Crippen molar-refractivity contribution in [2.24, 2.45) is 5.41 Å². The number of esters is 1. The Morgan fingerprint density at radius 2 is 2.05 bits per heavy atom. The third kappa shape index (κ3) is 3.93. The Balaban J connectivity index is 1.86. The Bertz CT molecular complexity index is 474. The molecule has 0 amide bonds. The van der Waals surface area contributed by atoms with Gasteiger partial charge in [-0.2, -0.15) is 0 Å². The summed E-state index contributed by atoms with van der Waals surface area (Å²) < 4.78 is 6.54. The third-order valence-electron chi connectivity index (χ3n) is 3.50. The zero-order chi connectivity index (χ0) is 13.9. The molecule has 0 radical (unpaired) electrons. The highest BCUT2D eigenvalue weighted by Crippen LogP contribution is 2.32. The lowest BCUT2D eigenvalue weighted by atomic mass is 9.84. The maximum absolute atomic E-state index is 11.7. The van der Waals surface area contributed by atoms with Gasteiger partial charge in [0.05, 0.1) is 5.41 Å². The average Bonchev–Trinajstić information content (AvgIpc) is 2.36. The monoisotopic (exact) mass is 322 g/mol. The molecule has 1 aromatic carbocycles. The second-order valence-electron chi connectivity index (χ2n) is 5.64. The fourth-order valence-corrected chi connectivity index (χ4v) is 2.35. The summed E-state index contributed by atoms with van der Waals surface area (Å²) in [6.07, 6.45) is 6.83. The van der Waals surface area contributed by atoms with Gasteiger partial charge in [-0.25, -0.2) is 0 Å². The van der Waals surface area contributed by atoms with Crippen molar-refractivity contribution in [3.63, 3.8) is 0 Å². The fraction of sp³-hybridized carbons (Fsp3) is 0.438. The number of hydrogen-bond donors (Lipinski definition) is 0. The Morgan fingerprint density at radius 1 is 1.37 bits per heavy atom. The van der Waals surface area contributed by atoms with Gasteiger partial charge in [0.2, 0.25) is 0 Å². The van der Waals surface area contributed by atoms with Gasteiger partial charge >= 0.3 is 5.97 Å². The van der Waals surface area contributed by atoms with Gasteiger partial charge in [-0.05, 0) is 44.4 Å². The topological polar surface area (TPSA) is 26.3 Å². The molecule has 0 aromatic heterocycles. The summed E-state index contributed by atoms with van der Waals surface area (Å²) in [4.78, 5) is 11.7. The Labute approximate surface area is 123 Å². The molecule has 0 N–H and O–H groups in total. The van der Waals surface area contributed by atoms with Crippen molar-refractivity contribution >= 4 is 28.0 Å². The molecule has 2 nitrogen and oxygen atoms in total. The van der Waals surface area contributed by atoms with Crippen LogP contribution in [0.15, 0.2) is 34.8 Å². The van der Waals surface area contributed by atoms with Crippen molar-refractivity contribution in [1.82, 2.24) is 0 Å². The van der Waals surface area contributed by atoms with Crippen LogP contribution in [0.25, 0.3) is 6.08 Å². The van der Waals surface area contributed by atoms with Crippen LogP contribution < -0.4 is 0 Å². The molecule has 0 spiro atoms. The molecular weight excluding hydrogens is 304 g/mol. The molecule has 1 saturated heterocycles. The summed E-state index contributed by atoms with van der Waals surface area (Å²) in [5.41, 5.74) is 0.844. The van der Waals surface area contributed by atoms with E-state index in [-0.39, 0.29) is 17.5 Å². The number of carbonyl (C=O) groups excluding carboxylic acids is 1. The minimum Gasteiger partial charge on any atom is -0.462 e. The van der Waals surface area contributed by atoms with E-state index in [4.69, 9.17) is 4.74 Å². The predicted molar refractivity (Wildman–Crippen MR) is 80.7 cm³/mol. The van der Waals surface area contributed by atoms with Crippen molar-refractivity contribution in [1.29, 1.82) is 0 Å². The van der Waals surface area contributed by atoms with E-state index in [0.717, 1.165) is 29.3 Å². The first-order chi connectivity index (χ1) is 8.97. The fourth-order valence-electron chi connectivity index (χ4n) is 2.09. The Hall–Kier alpha value is -1.09. The van der Waals surface area contributed by atoms with Crippen LogP contribution in [0.4, 0.5) is 0 Å². The maximum Gasteiger partial charge on any atom is 0.311 e. The molecule has 1 heterocycles. The van der Waals surface area contributed by atoms with Crippen molar-refractivity contribution in [3.05, 3.63) is 40.4 Å². The molecule has 2 rings (SSSR count). The normalized spacial score (nSPS) is 22.5. The van der Waals surface area contributed by atoms with E-state index >= 15 is 0 Å². The van der Waals surface area contributed by atoms with Crippen molar-refractivity contribution < 1.29 is 9.53 Å². The van der Waals surface area contributed by atoms with Crippen molar-refractivity contribution in [2.75, 3.05) is 0 Å². The van der Waals surface area contributed by atoms with E-state index in [1.807, 2.05) is 26.0 Å². The van der Waals surface area contributed by atoms with Crippen LogP contribution in [-0.2, 0) is 9.53 Å². The molecule has 0 bridgehead atoms. The number of benzene rings is 1. The number of cyclic esters (lactones) is 1. The van der Waals surface area contributed by atoms with Crippen LogP contribution in [0.3, 0.4) is 0 Å². The first kappa shape index (κ1) is 14.3. The molecule has 3 heteroatoms. The van der Waals surface area contributed by atoms with Crippen molar-refractivity contribution in [3.8, 4) is 0 Å². The standard InChI is InChI=1S/C16H19BrO2/c1-16(2)11-10-14(19-15(16)18)5-3-4-12-6-8-13(17)9-7-12/h3-4,6-9,14H,5,10-11H2,1-2H3/b4-3+. The SMILES string of the molecule is CC1(C)CCC(C/C=C/c2ccc(Br)cc2)OC1=O. The second-order valence-corrected chi connectivity index (χ2v) is 6.56. The van der Waals surface area contributed by atoms with Crippen LogP contribution >= 0.6 is 15.9 Å². The highest BCUT2D eigenvalue weighted by Gasteiger charge is 2.36. The van der Waals surface area contributed by atoms with E-state index in [1.165, 1.54) is 0 Å². The van der Waals surface area contributed by atoms with Crippen LogP contribution in [0.1, 0.15) is 38.7 Å². The van der Waals surface area contributed by atoms with Crippen LogP contribution in [-0.4, -0.2) is 12.1 Å². The molecule has 1 aliphatic heterocycles. The van der Waals surface area contributed by atoms with Crippen molar-refractivity contribution in [2.45, 2.75) is 39.2 Å². The van der Waals surface area contributed by atoms with Gasteiger partial charge in [0.1, 0.15) is 6.10 Å². The van der Waals surface area contributed by atoms with E-state index < -0.39 is 0 Å². The van der Waals surface area contributed by atoms with Gasteiger partial charge in [0.15, 0.2) is 0 Å². The Kier molecular flexibility index (Phi) is 4.46. The molecule has 0 saturated carbocycles. The lowest BCUT2D eigenvalue weighted by molar-refractivity contribution is -0.167. The van der Waals surface area contributed by atoms with Crippen LogP contribution in [0, 0.1) is 5.41 Å². The van der Waals surface area contributed by atoms with Crippen LogP contribution in [0.2, 0.25) is 0 Å². The summed E-state index contributed by atoms with van der Waals surface area (Å²) in [7, 11) is 0. The summed E-state index contributed by atoms with van der Waals surface area (Å²) in [5.74, 6) is -0.0687. The molecule has 19 heavy (non-hydrogen) atoms. The molecule has 1 atom stereocenters. The first-order valence-electron chi connectivity index (χ1n) is 6.60. The van der Waals surface area contributed by atoms with Gasteiger partial charge < -0.3 is 4.74 Å². The number of ether oxygens (including phenoxy) is 1. The molecule has 1 unspecified atom stereocenters. The lowest BCUT2D eigenvalue weighted by Gasteiger charge is -2.32. The van der Waals surface area contributed by atoms with E-state index in [0.29, 0.717) is 0 Å². The number of halogens is 1. The zero-order valence-electron chi connectivity index (χ0n) is 11.4. The maximum atomic E-state index is 11.7. The van der Waals surface area contributed by atoms with E-state index in [2.05, 4.69) is 40.2 Å². The lowest BCUT2D eigenvalue weighted by Crippen LogP contribution is -2.36. The average molecular weight is 323 g/mol. The van der Waals surface area contributed by atoms with Gasteiger partial charge in [-0.15, -0.1) is 0 Å². The van der Waals surface area contributed by atoms with Crippen LogP contribution in [0.5, 0.6) is 0 Å². The molecule has 1 aromatic rings. The smallest absolute Gasteiger partial charge is 0.311 e. The largest absolute Gasteiger partial charge is 0.462 e. The number of hydrogen-bond acceptors (Lipinski definition) is 2. The van der Waals surface area contributed by atoms with Gasteiger partial charge in [0, 0.05) is 10.9 Å². The Morgan fingerprint density at radius 3 is 2.68 bits per heavy atom. The van der Waals surface area contributed by atoms with E-state index in [1.54, 1.807) is 0 Å².